The maximum atomic E-state index is 12.0. The third kappa shape index (κ3) is 3.83. The molecule has 2 atom stereocenters. The fourth-order valence-corrected chi connectivity index (χ4v) is 4.32. The molecular formula is C25H22ClNO3. The molecule has 0 bridgehead atoms. The van der Waals surface area contributed by atoms with Gasteiger partial charge in [-0.15, -0.1) is 0 Å². The first-order valence-electron chi connectivity index (χ1n) is 9.81. The topological polar surface area (TPSA) is 57.6 Å². The van der Waals surface area contributed by atoms with E-state index in [1.54, 1.807) is 23.1 Å². The summed E-state index contributed by atoms with van der Waals surface area (Å²) in [4.78, 5) is 24.9. The van der Waals surface area contributed by atoms with Crippen LogP contribution in [0.2, 0.25) is 5.02 Å². The van der Waals surface area contributed by atoms with Crippen LogP contribution in [0, 0.1) is 0 Å². The van der Waals surface area contributed by atoms with Gasteiger partial charge in [0.25, 0.3) is 0 Å². The molecule has 30 heavy (non-hydrogen) atoms. The van der Waals surface area contributed by atoms with E-state index < -0.39 is 5.97 Å². The maximum absolute atomic E-state index is 12.0. The molecule has 0 heterocycles. The van der Waals surface area contributed by atoms with Gasteiger partial charge >= 0.3 is 5.97 Å². The number of hydrogen-bond acceptors (Lipinski definition) is 2. The molecule has 152 valence electrons. The van der Waals surface area contributed by atoms with E-state index in [1.807, 2.05) is 36.4 Å². The van der Waals surface area contributed by atoms with E-state index in [0.717, 1.165) is 34.7 Å². The zero-order valence-electron chi connectivity index (χ0n) is 16.6. The average molecular weight is 420 g/mol. The first-order chi connectivity index (χ1) is 14.4. The van der Waals surface area contributed by atoms with Crippen molar-refractivity contribution in [2.75, 3.05) is 4.90 Å². The van der Waals surface area contributed by atoms with Crippen LogP contribution < -0.4 is 4.90 Å². The summed E-state index contributed by atoms with van der Waals surface area (Å²) < 4.78 is 0. The lowest BCUT2D eigenvalue weighted by molar-refractivity contribution is -0.107. The predicted octanol–water partition coefficient (Wildman–Crippen LogP) is 5.65. The maximum Gasteiger partial charge on any atom is 0.335 e. The molecule has 3 aromatic rings. The Morgan fingerprint density at radius 3 is 2.57 bits per heavy atom. The Morgan fingerprint density at radius 2 is 1.87 bits per heavy atom. The van der Waals surface area contributed by atoms with Crippen molar-refractivity contribution >= 4 is 29.7 Å². The SMILES string of the molecule is C[C@]1(c2ccc(Cl)cc2)CC1c1ccccc1N(C=O)Cc1cccc(C(=O)O)c1. The van der Waals surface area contributed by atoms with Gasteiger partial charge in [0.15, 0.2) is 0 Å². The molecule has 1 saturated carbocycles. The summed E-state index contributed by atoms with van der Waals surface area (Å²) in [6.45, 7) is 2.55. The van der Waals surface area contributed by atoms with E-state index in [4.69, 9.17) is 11.6 Å². The van der Waals surface area contributed by atoms with Crippen molar-refractivity contribution in [1.29, 1.82) is 0 Å². The Labute approximate surface area is 180 Å². The molecule has 4 rings (SSSR count). The van der Waals surface area contributed by atoms with Gasteiger partial charge in [0, 0.05) is 16.1 Å². The van der Waals surface area contributed by atoms with Gasteiger partial charge in [0.05, 0.1) is 12.1 Å². The molecule has 0 aliphatic heterocycles. The van der Waals surface area contributed by atoms with Crippen LogP contribution in [0.5, 0.6) is 0 Å². The minimum atomic E-state index is -0.980. The van der Waals surface area contributed by atoms with Crippen molar-refractivity contribution in [2.24, 2.45) is 0 Å². The first kappa shape index (κ1) is 20.2. The van der Waals surface area contributed by atoms with Crippen LogP contribution in [0.1, 0.15) is 46.3 Å². The van der Waals surface area contributed by atoms with Gasteiger partial charge in [0.1, 0.15) is 0 Å². The molecule has 1 fully saturated rings. The third-order valence-corrected chi connectivity index (χ3v) is 6.27. The Kier molecular flexibility index (Phi) is 5.35. The predicted molar refractivity (Wildman–Crippen MR) is 118 cm³/mol. The highest BCUT2D eigenvalue weighted by atomic mass is 35.5. The van der Waals surface area contributed by atoms with E-state index in [2.05, 4.69) is 25.1 Å². The average Bonchev–Trinajstić information content (AvgIpc) is 3.45. The molecular weight excluding hydrogens is 398 g/mol. The summed E-state index contributed by atoms with van der Waals surface area (Å²) in [6.07, 6.45) is 1.81. The molecule has 1 aliphatic carbocycles. The zero-order chi connectivity index (χ0) is 21.3. The number of aromatic carboxylic acids is 1. The highest BCUT2D eigenvalue weighted by Crippen LogP contribution is 2.61. The minimum absolute atomic E-state index is 0.00152. The van der Waals surface area contributed by atoms with Crippen LogP contribution in [0.25, 0.3) is 0 Å². The number of nitrogens with zero attached hydrogens (tertiary/aromatic N) is 1. The quantitative estimate of drug-likeness (QED) is 0.503. The standard InChI is InChI=1S/C25H22ClNO3/c1-25(19-9-11-20(26)12-10-19)14-22(25)21-7-2-3-8-23(21)27(16-28)15-17-5-4-6-18(13-17)24(29)30/h2-13,16,22H,14-15H2,1H3,(H,29,30)/t22?,25-/m1/s1. The summed E-state index contributed by atoms with van der Waals surface area (Å²) in [5, 5.41) is 9.95. The lowest BCUT2D eigenvalue weighted by Gasteiger charge is -2.22. The van der Waals surface area contributed by atoms with E-state index >= 15 is 0 Å². The largest absolute Gasteiger partial charge is 0.478 e. The van der Waals surface area contributed by atoms with Gasteiger partial charge in [0.2, 0.25) is 6.41 Å². The van der Waals surface area contributed by atoms with Crippen molar-refractivity contribution in [3.8, 4) is 0 Å². The Hall–Kier alpha value is -3.11. The molecule has 3 aromatic carbocycles. The molecule has 5 heteroatoms. The molecule has 0 spiro atoms. The molecule has 0 saturated heterocycles. The fourth-order valence-electron chi connectivity index (χ4n) is 4.19. The Bertz CT molecular complexity index is 1100. The summed E-state index contributed by atoms with van der Waals surface area (Å²) in [7, 11) is 0. The number of carbonyl (C=O) groups is 2. The number of rotatable bonds is 7. The van der Waals surface area contributed by atoms with Gasteiger partial charge in [-0.3, -0.25) is 4.79 Å². The number of amides is 1. The van der Waals surface area contributed by atoms with Gasteiger partial charge < -0.3 is 10.0 Å². The van der Waals surface area contributed by atoms with E-state index in [-0.39, 0.29) is 11.0 Å². The minimum Gasteiger partial charge on any atom is -0.478 e. The highest BCUT2D eigenvalue weighted by molar-refractivity contribution is 6.30. The second-order valence-corrected chi connectivity index (χ2v) is 8.42. The van der Waals surface area contributed by atoms with Crippen LogP contribution in [-0.4, -0.2) is 17.5 Å². The third-order valence-electron chi connectivity index (χ3n) is 6.02. The lowest BCUT2D eigenvalue weighted by Crippen LogP contribution is -2.22. The summed E-state index contributed by atoms with van der Waals surface area (Å²) >= 11 is 6.05. The Morgan fingerprint density at radius 1 is 1.13 bits per heavy atom. The number of carboxylic acids is 1. The number of carboxylic acid groups (broad SMARTS) is 1. The smallest absolute Gasteiger partial charge is 0.335 e. The summed E-state index contributed by atoms with van der Waals surface area (Å²) in [5.41, 5.74) is 4.20. The normalized spacial score (nSPS) is 19.9. The number of anilines is 1. The number of halogens is 1. The van der Waals surface area contributed by atoms with Crippen molar-refractivity contribution in [2.45, 2.75) is 31.2 Å². The van der Waals surface area contributed by atoms with Crippen molar-refractivity contribution < 1.29 is 14.7 Å². The molecule has 1 N–H and O–H groups in total. The van der Waals surface area contributed by atoms with Gasteiger partial charge in [-0.2, -0.15) is 0 Å². The van der Waals surface area contributed by atoms with Crippen molar-refractivity contribution in [3.63, 3.8) is 0 Å². The fraction of sp³-hybridized carbons (Fsp3) is 0.200. The number of para-hydroxylation sites is 1. The van der Waals surface area contributed by atoms with Gasteiger partial charge in [-0.25, -0.2) is 4.79 Å². The highest BCUT2D eigenvalue weighted by Gasteiger charge is 2.52. The molecule has 0 aromatic heterocycles. The molecule has 0 radical (unpaired) electrons. The zero-order valence-corrected chi connectivity index (χ0v) is 17.3. The molecule has 1 amide bonds. The van der Waals surface area contributed by atoms with E-state index in [0.29, 0.717) is 12.5 Å². The number of hydrogen-bond donors (Lipinski definition) is 1. The van der Waals surface area contributed by atoms with Crippen molar-refractivity contribution in [1.82, 2.24) is 0 Å². The van der Waals surface area contributed by atoms with Crippen molar-refractivity contribution in [3.05, 3.63) is 100 Å². The van der Waals surface area contributed by atoms with Crippen LogP contribution in [0.15, 0.2) is 72.8 Å². The molecule has 4 nitrogen and oxygen atoms in total. The Balaban J connectivity index is 1.63. The summed E-state index contributed by atoms with van der Waals surface area (Å²) in [5.74, 6) is -0.686. The second-order valence-electron chi connectivity index (χ2n) is 7.98. The monoisotopic (exact) mass is 419 g/mol. The second kappa shape index (κ2) is 7.96. The number of carbonyl (C=O) groups excluding carboxylic acids is 1. The van der Waals surface area contributed by atoms with Crippen LogP contribution >= 0.6 is 11.6 Å². The molecule has 1 unspecified atom stereocenters. The first-order valence-corrected chi connectivity index (χ1v) is 10.2. The van der Waals surface area contributed by atoms with Gasteiger partial charge in [-0.1, -0.05) is 61.0 Å². The van der Waals surface area contributed by atoms with E-state index in [1.165, 1.54) is 5.56 Å². The van der Waals surface area contributed by atoms with Crippen LogP contribution in [0.4, 0.5) is 5.69 Å². The van der Waals surface area contributed by atoms with Crippen LogP contribution in [-0.2, 0) is 16.8 Å². The molecule has 1 aliphatic rings. The summed E-state index contributed by atoms with van der Waals surface area (Å²) in [6, 6.07) is 22.6. The lowest BCUT2D eigenvalue weighted by atomic mass is 9.92. The number of benzene rings is 3. The van der Waals surface area contributed by atoms with E-state index in [9.17, 15) is 14.7 Å². The van der Waals surface area contributed by atoms with Gasteiger partial charge in [-0.05, 0) is 59.4 Å². The van der Waals surface area contributed by atoms with Crippen LogP contribution in [0.3, 0.4) is 0 Å².